The molecule has 0 saturated carbocycles. The average Bonchev–Trinajstić information content (AvgIpc) is 2.71. The fraction of sp³-hybridized carbons (Fsp3) is 0.318. The van der Waals surface area contributed by atoms with Gasteiger partial charge in [-0.15, -0.1) is 0 Å². The summed E-state index contributed by atoms with van der Waals surface area (Å²) in [6.45, 7) is 4.49. The summed E-state index contributed by atoms with van der Waals surface area (Å²) in [6.07, 6.45) is 0. The van der Waals surface area contributed by atoms with Crippen LogP contribution in [0.4, 0.5) is 0 Å². The largest absolute Gasteiger partial charge is 0.872 e. The average molecular weight is 380 g/mol. The first kappa shape index (κ1) is 18.5. The second-order valence-corrected chi connectivity index (χ2v) is 7.36. The molecule has 1 saturated heterocycles. The zero-order chi connectivity index (χ0) is 19.7. The van der Waals surface area contributed by atoms with Crippen LogP contribution in [0.5, 0.6) is 11.5 Å². The number of likely N-dealkylation sites (N-methyl/N-ethyl adjacent to an activating group) is 1. The van der Waals surface area contributed by atoms with Crippen LogP contribution in [-0.2, 0) is 6.54 Å². The van der Waals surface area contributed by atoms with Crippen LogP contribution in [0.3, 0.4) is 0 Å². The van der Waals surface area contributed by atoms with Gasteiger partial charge in [0.15, 0.2) is 0 Å². The quantitative estimate of drug-likeness (QED) is 0.681. The lowest BCUT2D eigenvalue weighted by atomic mass is 9.99. The second kappa shape index (κ2) is 7.66. The molecule has 1 aliphatic rings. The Morgan fingerprint density at radius 3 is 2.54 bits per heavy atom. The molecule has 3 aromatic rings. The molecule has 0 amide bonds. The minimum atomic E-state index is -0.446. The summed E-state index contributed by atoms with van der Waals surface area (Å²) in [4.78, 5) is 15.9. The Bertz CT molecular complexity index is 1030. The van der Waals surface area contributed by atoms with E-state index in [1.807, 2.05) is 24.3 Å². The maximum Gasteiger partial charge on any atom is 0.336 e. The van der Waals surface area contributed by atoms with Crippen LogP contribution in [0, 0.1) is 0 Å². The van der Waals surface area contributed by atoms with Crippen molar-refractivity contribution in [1.29, 1.82) is 0 Å². The summed E-state index contributed by atoms with van der Waals surface area (Å²) in [6, 6.07) is 12.3. The first-order valence-corrected chi connectivity index (χ1v) is 9.48. The monoisotopic (exact) mass is 380 g/mol. The van der Waals surface area contributed by atoms with Gasteiger partial charge in [-0.25, -0.2) is 4.79 Å². The Morgan fingerprint density at radius 2 is 1.86 bits per heavy atom. The molecule has 1 aliphatic heterocycles. The SMILES string of the molecule is COc1ccc(-c2cc(=O)oc3c(C[NH+]4CCN(C)CC4)c([O-])ccc23)cc1. The zero-order valence-electron chi connectivity index (χ0n) is 16.2. The van der Waals surface area contributed by atoms with Crippen molar-refractivity contribution in [2.75, 3.05) is 40.3 Å². The van der Waals surface area contributed by atoms with E-state index in [-0.39, 0.29) is 5.75 Å². The Balaban J connectivity index is 1.79. The number of nitrogens with one attached hydrogen (secondary N) is 1. The number of methoxy groups -OCH3 is 1. The van der Waals surface area contributed by atoms with Crippen molar-refractivity contribution >= 4 is 11.0 Å². The number of benzene rings is 2. The molecule has 0 spiro atoms. The van der Waals surface area contributed by atoms with Crippen LogP contribution in [-0.4, -0.2) is 45.2 Å². The number of nitrogens with zero attached hydrogens (tertiary/aromatic N) is 1. The normalized spacial score (nSPS) is 15.8. The van der Waals surface area contributed by atoms with E-state index in [0.717, 1.165) is 48.4 Å². The van der Waals surface area contributed by atoms with E-state index < -0.39 is 5.63 Å². The van der Waals surface area contributed by atoms with Crippen LogP contribution in [0.1, 0.15) is 5.56 Å². The Kier molecular flexibility index (Phi) is 5.07. The molecule has 1 aromatic heterocycles. The molecule has 2 heterocycles. The lowest BCUT2D eigenvalue weighted by molar-refractivity contribution is -0.918. The van der Waals surface area contributed by atoms with Crippen molar-refractivity contribution in [2.24, 2.45) is 0 Å². The maximum atomic E-state index is 12.6. The molecule has 1 N–H and O–H groups in total. The Labute approximate surface area is 163 Å². The number of hydrogen-bond donors (Lipinski definition) is 1. The van der Waals surface area contributed by atoms with Gasteiger partial charge in [-0.2, -0.15) is 0 Å². The molecule has 6 heteroatoms. The number of ether oxygens (including phenoxy) is 1. The Hall–Kier alpha value is -2.83. The van der Waals surface area contributed by atoms with Crippen LogP contribution < -0.4 is 20.4 Å². The molecule has 4 rings (SSSR count). The highest BCUT2D eigenvalue weighted by atomic mass is 16.5. The summed E-state index contributed by atoms with van der Waals surface area (Å²) in [5.41, 5.74) is 2.21. The third kappa shape index (κ3) is 3.61. The highest BCUT2D eigenvalue weighted by Crippen LogP contribution is 2.32. The predicted molar refractivity (Wildman–Crippen MR) is 106 cm³/mol. The molecule has 0 unspecified atom stereocenters. The highest BCUT2D eigenvalue weighted by Gasteiger charge is 2.20. The van der Waals surface area contributed by atoms with E-state index in [0.29, 0.717) is 17.7 Å². The lowest BCUT2D eigenvalue weighted by Crippen LogP contribution is -3.13. The zero-order valence-corrected chi connectivity index (χ0v) is 16.2. The van der Waals surface area contributed by atoms with Crippen molar-refractivity contribution in [3.63, 3.8) is 0 Å². The van der Waals surface area contributed by atoms with E-state index in [9.17, 15) is 9.90 Å². The number of quaternary nitrogens is 1. The van der Waals surface area contributed by atoms with Crippen molar-refractivity contribution in [3.05, 3.63) is 58.4 Å². The van der Waals surface area contributed by atoms with Gasteiger partial charge in [0.2, 0.25) is 0 Å². The third-order valence-electron chi connectivity index (χ3n) is 5.49. The van der Waals surface area contributed by atoms with Crippen LogP contribution in [0.15, 0.2) is 51.7 Å². The van der Waals surface area contributed by atoms with Gasteiger partial charge in [0, 0.05) is 30.1 Å². The standard InChI is InChI=1S/C22H24N2O4/c1-23-9-11-24(12-10-23)14-19-20(25)8-7-17-18(13-21(26)28-22(17)19)15-3-5-16(27-2)6-4-15/h3-8,13,25H,9-12,14H2,1-2H3. The molecule has 28 heavy (non-hydrogen) atoms. The predicted octanol–water partition coefficient (Wildman–Crippen LogP) is 0.873. The third-order valence-corrected chi connectivity index (χ3v) is 5.49. The van der Waals surface area contributed by atoms with Crippen LogP contribution >= 0.6 is 0 Å². The number of rotatable bonds is 4. The van der Waals surface area contributed by atoms with Crippen molar-refractivity contribution in [3.8, 4) is 22.6 Å². The molecular formula is C22H24N2O4. The van der Waals surface area contributed by atoms with Crippen LogP contribution in [0.25, 0.3) is 22.1 Å². The van der Waals surface area contributed by atoms with E-state index in [4.69, 9.17) is 9.15 Å². The molecule has 146 valence electrons. The smallest absolute Gasteiger partial charge is 0.336 e. The van der Waals surface area contributed by atoms with Gasteiger partial charge in [-0.05, 0) is 30.3 Å². The minimum Gasteiger partial charge on any atom is -0.872 e. The van der Waals surface area contributed by atoms with Gasteiger partial charge in [0.1, 0.15) is 17.9 Å². The lowest BCUT2D eigenvalue weighted by Gasteiger charge is -2.30. The molecule has 0 atom stereocenters. The van der Waals surface area contributed by atoms with Gasteiger partial charge < -0.3 is 19.2 Å². The number of hydrogen-bond acceptors (Lipinski definition) is 5. The molecule has 0 radical (unpaired) electrons. The number of fused-ring (bicyclic) bond motifs is 1. The maximum absolute atomic E-state index is 12.6. The van der Waals surface area contributed by atoms with Gasteiger partial charge in [0.05, 0.1) is 20.2 Å². The number of piperazine rings is 1. The van der Waals surface area contributed by atoms with Crippen molar-refractivity contribution in [1.82, 2.24) is 4.90 Å². The van der Waals surface area contributed by atoms with Gasteiger partial charge >= 0.3 is 5.63 Å². The van der Waals surface area contributed by atoms with Crippen molar-refractivity contribution in [2.45, 2.75) is 6.54 Å². The summed E-state index contributed by atoms with van der Waals surface area (Å²) in [5, 5.41) is 13.4. The molecule has 2 aromatic carbocycles. The molecule has 1 fully saturated rings. The molecule has 0 bridgehead atoms. The van der Waals surface area contributed by atoms with E-state index in [2.05, 4.69) is 11.9 Å². The van der Waals surface area contributed by atoms with E-state index in [1.54, 1.807) is 19.2 Å². The van der Waals surface area contributed by atoms with Crippen molar-refractivity contribution < 1.29 is 19.2 Å². The first-order valence-electron chi connectivity index (χ1n) is 9.48. The van der Waals surface area contributed by atoms with Gasteiger partial charge in [-0.1, -0.05) is 30.0 Å². The molecular weight excluding hydrogens is 356 g/mol. The van der Waals surface area contributed by atoms with Gasteiger partial charge in [-0.3, -0.25) is 4.90 Å². The fourth-order valence-corrected chi connectivity index (χ4v) is 3.80. The molecule has 0 aliphatic carbocycles. The summed E-state index contributed by atoms with van der Waals surface area (Å²) < 4.78 is 10.8. The molecule has 6 nitrogen and oxygen atoms in total. The Morgan fingerprint density at radius 1 is 1.14 bits per heavy atom. The van der Waals surface area contributed by atoms with E-state index >= 15 is 0 Å². The minimum absolute atomic E-state index is 0.0750. The van der Waals surface area contributed by atoms with Gasteiger partial charge in [0.25, 0.3) is 0 Å². The topological polar surface area (TPSA) is 70.2 Å². The fourth-order valence-electron chi connectivity index (χ4n) is 3.80. The second-order valence-electron chi connectivity index (χ2n) is 7.36. The highest BCUT2D eigenvalue weighted by molar-refractivity contribution is 5.95. The first-order chi connectivity index (χ1) is 13.5. The van der Waals surface area contributed by atoms with Crippen LogP contribution in [0.2, 0.25) is 0 Å². The summed E-state index contributed by atoms with van der Waals surface area (Å²) in [5.74, 6) is 0.672. The summed E-state index contributed by atoms with van der Waals surface area (Å²) in [7, 11) is 3.72. The van der Waals surface area contributed by atoms with E-state index in [1.165, 1.54) is 11.0 Å². The summed E-state index contributed by atoms with van der Waals surface area (Å²) >= 11 is 0.